The first-order chi connectivity index (χ1) is 15.0. The minimum Gasteiger partial charge on any atom is -0.493 e. The molecule has 1 aromatic carbocycles. The van der Waals surface area contributed by atoms with Gasteiger partial charge in [0.25, 0.3) is 11.8 Å². The van der Waals surface area contributed by atoms with Gasteiger partial charge in [0.05, 0.1) is 25.0 Å². The number of thiophene rings is 1. The van der Waals surface area contributed by atoms with Crippen LogP contribution in [0.1, 0.15) is 28.1 Å². The van der Waals surface area contributed by atoms with E-state index in [0.29, 0.717) is 42.3 Å². The van der Waals surface area contributed by atoms with Crippen LogP contribution in [0, 0.1) is 5.92 Å². The number of piperidine rings is 1. The van der Waals surface area contributed by atoms with E-state index in [1.165, 1.54) is 11.3 Å². The van der Waals surface area contributed by atoms with Crippen LogP contribution in [0.5, 0.6) is 11.5 Å². The molecule has 1 aliphatic rings. The van der Waals surface area contributed by atoms with Crippen LogP contribution < -0.4 is 14.8 Å². The van der Waals surface area contributed by atoms with E-state index in [-0.39, 0.29) is 30.9 Å². The van der Waals surface area contributed by atoms with Crippen molar-refractivity contribution in [1.82, 2.24) is 10.2 Å². The minimum absolute atomic E-state index is 0.00337. The zero-order valence-corrected chi connectivity index (χ0v) is 18.4. The summed E-state index contributed by atoms with van der Waals surface area (Å²) < 4.78 is 15.6. The molecule has 166 valence electrons. The maximum atomic E-state index is 12.4. The summed E-state index contributed by atoms with van der Waals surface area (Å²) in [6, 6.07) is 9.00. The molecular formula is C22H26N2O6S. The molecule has 9 heteroatoms. The highest BCUT2D eigenvalue weighted by molar-refractivity contribution is 7.12. The van der Waals surface area contributed by atoms with Crippen molar-refractivity contribution in [3.8, 4) is 11.5 Å². The molecule has 31 heavy (non-hydrogen) atoms. The van der Waals surface area contributed by atoms with Gasteiger partial charge in [-0.3, -0.25) is 14.4 Å². The number of amides is 2. The van der Waals surface area contributed by atoms with Gasteiger partial charge in [-0.2, -0.15) is 0 Å². The summed E-state index contributed by atoms with van der Waals surface area (Å²) in [6.07, 6.45) is 1.06. The predicted octanol–water partition coefficient (Wildman–Crippen LogP) is 2.48. The van der Waals surface area contributed by atoms with E-state index in [2.05, 4.69) is 5.32 Å². The molecule has 2 heterocycles. The lowest BCUT2D eigenvalue weighted by Crippen LogP contribution is -2.41. The molecular weight excluding hydrogens is 420 g/mol. The maximum Gasteiger partial charge on any atom is 0.309 e. The van der Waals surface area contributed by atoms with Gasteiger partial charge in [0.15, 0.2) is 18.1 Å². The second-order valence-corrected chi connectivity index (χ2v) is 8.07. The third-order valence-corrected chi connectivity index (χ3v) is 5.99. The average Bonchev–Trinajstić information content (AvgIpc) is 3.35. The van der Waals surface area contributed by atoms with Gasteiger partial charge >= 0.3 is 5.97 Å². The topological polar surface area (TPSA) is 94.2 Å². The molecule has 1 saturated heterocycles. The Morgan fingerprint density at radius 1 is 1.10 bits per heavy atom. The highest BCUT2D eigenvalue weighted by Crippen LogP contribution is 2.27. The molecule has 0 radical (unpaired) electrons. The Labute approximate surface area is 185 Å². The Bertz CT molecular complexity index is 907. The van der Waals surface area contributed by atoms with Gasteiger partial charge in [-0.05, 0) is 42.0 Å². The number of nitrogens with zero attached hydrogens (tertiary/aromatic N) is 1. The summed E-state index contributed by atoms with van der Waals surface area (Å²) in [5.74, 6) is 0.0968. The molecule has 1 fully saturated rings. The molecule has 1 aromatic heterocycles. The van der Waals surface area contributed by atoms with Crippen molar-refractivity contribution < 1.29 is 28.6 Å². The van der Waals surface area contributed by atoms with Gasteiger partial charge in [-0.15, -0.1) is 11.3 Å². The van der Waals surface area contributed by atoms with Crippen molar-refractivity contribution in [3.05, 3.63) is 46.2 Å². The lowest BCUT2D eigenvalue weighted by atomic mass is 9.97. The van der Waals surface area contributed by atoms with Crippen LogP contribution in [-0.2, 0) is 20.9 Å². The number of rotatable bonds is 8. The molecule has 0 unspecified atom stereocenters. The largest absolute Gasteiger partial charge is 0.493 e. The number of hydrogen-bond acceptors (Lipinski definition) is 7. The maximum absolute atomic E-state index is 12.4. The highest BCUT2D eigenvalue weighted by atomic mass is 32.1. The van der Waals surface area contributed by atoms with Crippen LogP contribution in [0.15, 0.2) is 35.7 Å². The number of carbonyl (C=O) groups excluding carboxylic acids is 3. The standard InChI is InChI=1S/C22H26N2O6S/c1-28-17-6-5-15(12-18(17)29-2)13-23-20(25)14-30-22(27)16-7-9-24(10-8-16)21(26)19-4-3-11-31-19/h3-6,11-12,16H,7-10,13-14H2,1-2H3,(H,23,25). The molecule has 2 aromatic rings. The minimum atomic E-state index is -0.399. The van der Waals surface area contributed by atoms with E-state index < -0.39 is 5.97 Å². The third-order valence-electron chi connectivity index (χ3n) is 5.13. The van der Waals surface area contributed by atoms with Gasteiger partial charge in [-0.1, -0.05) is 12.1 Å². The van der Waals surface area contributed by atoms with Crippen molar-refractivity contribution in [1.29, 1.82) is 0 Å². The number of benzene rings is 1. The van der Waals surface area contributed by atoms with E-state index in [4.69, 9.17) is 14.2 Å². The summed E-state index contributed by atoms with van der Waals surface area (Å²) >= 11 is 1.41. The average molecular weight is 447 g/mol. The normalized spacial score (nSPS) is 14.1. The SMILES string of the molecule is COc1ccc(CNC(=O)COC(=O)C2CCN(C(=O)c3cccs3)CC2)cc1OC. The van der Waals surface area contributed by atoms with Crippen LogP contribution in [0.25, 0.3) is 0 Å². The quantitative estimate of drug-likeness (QED) is 0.626. The Hall–Kier alpha value is -3.07. The Balaban J connectivity index is 1.39. The lowest BCUT2D eigenvalue weighted by Gasteiger charge is -2.30. The molecule has 0 saturated carbocycles. The number of ether oxygens (including phenoxy) is 3. The first-order valence-corrected chi connectivity index (χ1v) is 10.9. The number of carbonyl (C=O) groups is 3. The second-order valence-electron chi connectivity index (χ2n) is 7.12. The van der Waals surface area contributed by atoms with E-state index in [9.17, 15) is 14.4 Å². The van der Waals surface area contributed by atoms with Crippen molar-refractivity contribution in [2.24, 2.45) is 5.92 Å². The highest BCUT2D eigenvalue weighted by Gasteiger charge is 2.29. The number of likely N-dealkylation sites (tertiary alicyclic amines) is 1. The van der Waals surface area contributed by atoms with Crippen LogP contribution in [0.3, 0.4) is 0 Å². The number of hydrogen-bond donors (Lipinski definition) is 1. The zero-order chi connectivity index (χ0) is 22.2. The van der Waals surface area contributed by atoms with Gasteiger partial charge in [0.2, 0.25) is 0 Å². The number of nitrogens with one attached hydrogen (secondary N) is 1. The Morgan fingerprint density at radius 3 is 2.48 bits per heavy atom. The predicted molar refractivity (Wildman–Crippen MR) is 115 cm³/mol. The van der Waals surface area contributed by atoms with E-state index in [1.807, 2.05) is 17.5 Å². The van der Waals surface area contributed by atoms with Crippen LogP contribution >= 0.6 is 11.3 Å². The van der Waals surface area contributed by atoms with E-state index >= 15 is 0 Å². The Kier molecular flexibility index (Phi) is 7.88. The first-order valence-electron chi connectivity index (χ1n) is 9.99. The second kappa shape index (κ2) is 10.8. The fourth-order valence-electron chi connectivity index (χ4n) is 3.37. The number of methoxy groups -OCH3 is 2. The first kappa shape index (κ1) is 22.6. The van der Waals surface area contributed by atoms with E-state index in [0.717, 1.165) is 5.56 Å². The lowest BCUT2D eigenvalue weighted by molar-refractivity contribution is -0.153. The van der Waals surface area contributed by atoms with Gasteiger partial charge in [-0.25, -0.2) is 0 Å². The van der Waals surface area contributed by atoms with Gasteiger partial charge < -0.3 is 24.4 Å². The summed E-state index contributed by atoms with van der Waals surface area (Å²) in [6.45, 7) is 0.949. The smallest absolute Gasteiger partial charge is 0.309 e. The van der Waals surface area contributed by atoms with Crippen LogP contribution in [0.4, 0.5) is 0 Å². The monoisotopic (exact) mass is 446 g/mol. The fraction of sp³-hybridized carbons (Fsp3) is 0.409. The van der Waals surface area contributed by atoms with Crippen molar-refractivity contribution >= 4 is 29.1 Å². The molecule has 1 aliphatic heterocycles. The van der Waals surface area contributed by atoms with Gasteiger partial charge in [0, 0.05) is 19.6 Å². The van der Waals surface area contributed by atoms with E-state index in [1.54, 1.807) is 37.3 Å². The third kappa shape index (κ3) is 5.97. The molecule has 0 atom stereocenters. The molecule has 1 N–H and O–H groups in total. The van der Waals surface area contributed by atoms with Crippen LogP contribution in [-0.4, -0.2) is 56.6 Å². The fourth-order valence-corrected chi connectivity index (χ4v) is 4.06. The van der Waals surface area contributed by atoms with Crippen molar-refractivity contribution in [3.63, 3.8) is 0 Å². The molecule has 2 amide bonds. The molecule has 0 aliphatic carbocycles. The molecule has 0 spiro atoms. The summed E-state index contributed by atoms with van der Waals surface area (Å²) in [4.78, 5) is 39.2. The summed E-state index contributed by atoms with van der Waals surface area (Å²) in [5.41, 5.74) is 0.833. The van der Waals surface area contributed by atoms with Crippen molar-refractivity contribution in [2.45, 2.75) is 19.4 Å². The number of esters is 1. The summed E-state index contributed by atoms with van der Waals surface area (Å²) in [5, 5.41) is 4.59. The van der Waals surface area contributed by atoms with Crippen LogP contribution in [0.2, 0.25) is 0 Å². The molecule has 8 nitrogen and oxygen atoms in total. The molecule has 3 rings (SSSR count). The summed E-state index contributed by atoms with van der Waals surface area (Å²) in [7, 11) is 3.10. The van der Waals surface area contributed by atoms with Crippen molar-refractivity contribution in [2.75, 3.05) is 33.9 Å². The Morgan fingerprint density at radius 2 is 1.84 bits per heavy atom. The van der Waals surface area contributed by atoms with Gasteiger partial charge in [0.1, 0.15) is 0 Å². The molecule has 0 bridgehead atoms. The zero-order valence-electron chi connectivity index (χ0n) is 17.6.